The van der Waals surface area contributed by atoms with E-state index in [0.717, 1.165) is 5.56 Å². The second kappa shape index (κ2) is 8.07. The number of hydrogen-bond donors (Lipinski definition) is 1. The van der Waals surface area contributed by atoms with Gasteiger partial charge in [-0.25, -0.2) is 9.37 Å². The van der Waals surface area contributed by atoms with E-state index < -0.39 is 0 Å². The van der Waals surface area contributed by atoms with Gasteiger partial charge in [0.2, 0.25) is 5.91 Å². The number of rotatable bonds is 4. The molecular formula is C24H22FN3O2S. The Balaban J connectivity index is 1.58. The normalized spacial score (nSPS) is 11.6. The number of halogens is 1. The lowest BCUT2D eigenvalue weighted by Gasteiger charge is -2.19. The van der Waals surface area contributed by atoms with Crippen LogP contribution in [-0.2, 0) is 16.8 Å². The molecule has 2 aromatic carbocycles. The molecule has 5 nitrogen and oxygen atoms in total. The lowest BCUT2D eigenvalue weighted by atomic mass is 9.87. The third-order valence-corrected chi connectivity index (χ3v) is 5.95. The number of hydrogen-bond acceptors (Lipinski definition) is 4. The smallest absolute Gasteiger partial charge is 0.263 e. The van der Waals surface area contributed by atoms with Crippen molar-refractivity contribution >= 4 is 33.1 Å². The predicted octanol–water partition coefficient (Wildman–Crippen LogP) is 5.20. The number of nitrogens with zero attached hydrogens (tertiary/aromatic N) is 2. The molecular weight excluding hydrogens is 413 g/mol. The summed E-state index contributed by atoms with van der Waals surface area (Å²) in [4.78, 5) is 30.5. The SMILES string of the molecule is CC(C)(C)c1ccc(NC(=O)Cn2cnc3scc(-c4ccc(F)cc4)c3c2=O)cc1. The van der Waals surface area contributed by atoms with Gasteiger partial charge < -0.3 is 5.32 Å². The Hall–Kier alpha value is -3.32. The van der Waals surface area contributed by atoms with Gasteiger partial charge in [-0.15, -0.1) is 11.3 Å². The molecule has 0 saturated heterocycles. The molecule has 4 aromatic rings. The van der Waals surface area contributed by atoms with Crippen molar-refractivity contribution in [3.63, 3.8) is 0 Å². The van der Waals surface area contributed by atoms with Crippen LogP contribution in [0, 0.1) is 5.82 Å². The van der Waals surface area contributed by atoms with Crippen molar-refractivity contribution in [2.24, 2.45) is 0 Å². The third kappa shape index (κ3) is 4.41. The summed E-state index contributed by atoms with van der Waals surface area (Å²) < 4.78 is 14.6. The summed E-state index contributed by atoms with van der Waals surface area (Å²) >= 11 is 1.34. The highest BCUT2D eigenvalue weighted by molar-refractivity contribution is 7.17. The highest BCUT2D eigenvalue weighted by Gasteiger charge is 2.16. The number of carbonyl (C=O) groups is 1. The molecule has 7 heteroatoms. The first kappa shape index (κ1) is 20.9. The van der Waals surface area contributed by atoms with Crippen molar-refractivity contribution in [2.45, 2.75) is 32.7 Å². The number of anilines is 1. The van der Waals surface area contributed by atoms with Crippen LogP contribution in [0.1, 0.15) is 26.3 Å². The monoisotopic (exact) mass is 435 g/mol. The molecule has 0 radical (unpaired) electrons. The molecule has 158 valence electrons. The molecule has 0 spiro atoms. The molecule has 0 aliphatic rings. The number of thiophene rings is 1. The fourth-order valence-corrected chi connectivity index (χ4v) is 4.24. The number of amides is 1. The van der Waals surface area contributed by atoms with Gasteiger partial charge in [0.15, 0.2) is 0 Å². The molecule has 2 aromatic heterocycles. The third-order valence-electron chi connectivity index (χ3n) is 5.06. The van der Waals surface area contributed by atoms with E-state index in [1.807, 2.05) is 29.6 Å². The first-order chi connectivity index (χ1) is 14.7. The van der Waals surface area contributed by atoms with Gasteiger partial charge in [-0.3, -0.25) is 14.2 Å². The van der Waals surface area contributed by atoms with Gasteiger partial charge in [-0.05, 0) is 40.8 Å². The minimum atomic E-state index is -0.342. The van der Waals surface area contributed by atoms with Crippen molar-refractivity contribution in [3.8, 4) is 11.1 Å². The minimum absolute atomic E-state index is 0.0275. The number of fused-ring (bicyclic) bond motifs is 1. The Morgan fingerprint density at radius 1 is 1.10 bits per heavy atom. The van der Waals surface area contributed by atoms with Crippen molar-refractivity contribution in [2.75, 3.05) is 5.32 Å². The topological polar surface area (TPSA) is 64.0 Å². The summed E-state index contributed by atoms with van der Waals surface area (Å²) in [6.07, 6.45) is 1.39. The summed E-state index contributed by atoms with van der Waals surface area (Å²) in [7, 11) is 0. The van der Waals surface area contributed by atoms with Gasteiger partial charge in [0, 0.05) is 16.6 Å². The quantitative estimate of drug-likeness (QED) is 0.479. The van der Waals surface area contributed by atoms with Gasteiger partial charge >= 0.3 is 0 Å². The predicted molar refractivity (Wildman–Crippen MR) is 123 cm³/mol. The van der Waals surface area contributed by atoms with Crippen LogP contribution in [0.2, 0.25) is 0 Å². The number of nitrogens with one attached hydrogen (secondary N) is 1. The molecule has 0 bridgehead atoms. The maximum absolute atomic E-state index is 13.3. The van der Waals surface area contributed by atoms with E-state index in [4.69, 9.17) is 0 Å². The molecule has 1 amide bonds. The second-order valence-corrected chi connectivity index (χ2v) is 9.25. The van der Waals surface area contributed by atoms with Crippen LogP contribution >= 0.6 is 11.3 Å². The average Bonchev–Trinajstić information content (AvgIpc) is 3.15. The van der Waals surface area contributed by atoms with Crippen LogP contribution in [0.5, 0.6) is 0 Å². The van der Waals surface area contributed by atoms with Crippen LogP contribution in [0.25, 0.3) is 21.3 Å². The molecule has 0 aliphatic heterocycles. The van der Waals surface area contributed by atoms with Gasteiger partial charge in [0.1, 0.15) is 17.2 Å². The molecule has 0 aliphatic carbocycles. The van der Waals surface area contributed by atoms with E-state index in [0.29, 0.717) is 21.5 Å². The highest BCUT2D eigenvalue weighted by Crippen LogP contribution is 2.30. The minimum Gasteiger partial charge on any atom is -0.325 e. The molecule has 0 saturated carbocycles. The highest BCUT2D eigenvalue weighted by atomic mass is 32.1. The van der Waals surface area contributed by atoms with Crippen molar-refractivity contribution in [3.05, 3.63) is 82.0 Å². The summed E-state index contributed by atoms with van der Waals surface area (Å²) in [6.45, 7) is 6.23. The largest absolute Gasteiger partial charge is 0.325 e. The summed E-state index contributed by atoms with van der Waals surface area (Å²) in [5, 5.41) is 5.08. The maximum Gasteiger partial charge on any atom is 0.263 e. The Kier molecular flexibility index (Phi) is 5.45. The molecule has 0 unspecified atom stereocenters. The van der Waals surface area contributed by atoms with Crippen molar-refractivity contribution < 1.29 is 9.18 Å². The van der Waals surface area contributed by atoms with Gasteiger partial charge in [0.05, 0.1) is 11.7 Å². The van der Waals surface area contributed by atoms with Crippen LogP contribution in [0.3, 0.4) is 0 Å². The number of benzene rings is 2. The molecule has 2 heterocycles. The van der Waals surface area contributed by atoms with Crippen molar-refractivity contribution in [1.82, 2.24) is 9.55 Å². The summed E-state index contributed by atoms with van der Waals surface area (Å²) in [6, 6.07) is 13.6. The molecule has 4 rings (SSSR count). The lowest BCUT2D eigenvalue weighted by molar-refractivity contribution is -0.116. The molecule has 1 N–H and O–H groups in total. The summed E-state index contributed by atoms with van der Waals surface area (Å²) in [5.74, 6) is -0.656. The Morgan fingerprint density at radius 2 is 1.77 bits per heavy atom. The van der Waals surface area contributed by atoms with Gasteiger partial charge in [-0.2, -0.15) is 0 Å². The van der Waals surface area contributed by atoms with Crippen LogP contribution in [0.4, 0.5) is 10.1 Å². The molecule has 31 heavy (non-hydrogen) atoms. The standard InChI is InChI=1S/C24H22FN3O2S/c1-24(2,3)16-6-10-18(11-7-16)27-20(29)12-28-14-26-22-21(23(28)30)19(13-31-22)15-4-8-17(25)9-5-15/h4-11,13-14H,12H2,1-3H3,(H,27,29). The first-order valence-corrected chi connectivity index (χ1v) is 10.7. The Labute approximate surface area is 183 Å². The van der Waals surface area contributed by atoms with E-state index in [-0.39, 0.29) is 29.2 Å². The Bertz CT molecular complexity index is 1300. The van der Waals surface area contributed by atoms with E-state index in [1.165, 1.54) is 39.9 Å². The zero-order chi connectivity index (χ0) is 22.2. The van der Waals surface area contributed by atoms with E-state index >= 15 is 0 Å². The zero-order valence-corrected chi connectivity index (χ0v) is 18.3. The zero-order valence-electron chi connectivity index (χ0n) is 17.5. The second-order valence-electron chi connectivity index (χ2n) is 8.39. The van der Waals surface area contributed by atoms with Crippen LogP contribution < -0.4 is 10.9 Å². The van der Waals surface area contributed by atoms with E-state index in [1.54, 1.807) is 12.1 Å². The summed E-state index contributed by atoms with van der Waals surface area (Å²) in [5.41, 5.74) is 2.98. The first-order valence-electron chi connectivity index (χ1n) is 9.85. The lowest BCUT2D eigenvalue weighted by Crippen LogP contribution is -2.27. The molecule has 0 atom stereocenters. The maximum atomic E-state index is 13.3. The van der Waals surface area contributed by atoms with Crippen LogP contribution in [0.15, 0.2) is 65.0 Å². The Morgan fingerprint density at radius 3 is 2.42 bits per heavy atom. The van der Waals surface area contributed by atoms with Crippen molar-refractivity contribution in [1.29, 1.82) is 0 Å². The van der Waals surface area contributed by atoms with Crippen LogP contribution in [-0.4, -0.2) is 15.5 Å². The number of aromatic nitrogens is 2. The molecule has 0 fully saturated rings. The fourth-order valence-electron chi connectivity index (χ4n) is 3.33. The van der Waals surface area contributed by atoms with Gasteiger partial charge in [0.25, 0.3) is 5.56 Å². The van der Waals surface area contributed by atoms with Gasteiger partial charge in [-0.1, -0.05) is 45.0 Å². The van der Waals surface area contributed by atoms with E-state index in [2.05, 4.69) is 31.1 Å². The average molecular weight is 436 g/mol. The number of carbonyl (C=O) groups excluding carboxylic acids is 1. The van der Waals surface area contributed by atoms with E-state index in [9.17, 15) is 14.0 Å². The fraction of sp³-hybridized carbons (Fsp3) is 0.208.